The van der Waals surface area contributed by atoms with Gasteiger partial charge in [0, 0.05) is 6.54 Å². The van der Waals surface area contributed by atoms with Crippen LogP contribution >= 0.6 is 0 Å². The molecule has 0 saturated carbocycles. The third-order valence-electron chi connectivity index (χ3n) is 2.88. The van der Waals surface area contributed by atoms with Crippen molar-refractivity contribution in [3.8, 4) is 0 Å². The van der Waals surface area contributed by atoms with E-state index in [1.165, 1.54) is 0 Å². The van der Waals surface area contributed by atoms with Crippen LogP contribution in [0.3, 0.4) is 0 Å². The largest absolute Gasteiger partial charge is 0.345 e. The van der Waals surface area contributed by atoms with Gasteiger partial charge in [-0.2, -0.15) is 17.6 Å². The van der Waals surface area contributed by atoms with Gasteiger partial charge in [-0.25, -0.2) is 4.39 Å². The van der Waals surface area contributed by atoms with Crippen molar-refractivity contribution in [3.63, 3.8) is 0 Å². The van der Waals surface area contributed by atoms with Crippen LogP contribution in [0.2, 0.25) is 0 Å². The lowest BCUT2D eigenvalue weighted by Gasteiger charge is -2.45. The second-order valence-electron chi connectivity index (χ2n) is 4.54. The minimum atomic E-state index is -4.59. The molecule has 0 aromatic heterocycles. The number of unbranched alkanes of at least 4 members (excludes halogenated alkanes) is 1. The van der Waals surface area contributed by atoms with Crippen molar-refractivity contribution in [2.45, 2.75) is 44.2 Å². The quantitative estimate of drug-likeness (QED) is 0.690. The molecule has 1 nitrogen and oxygen atoms in total. The summed E-state index contributed by atoms with van der Waals surface area (Å²) in [4.78, 5) is 1.07. The molecule has 0 radical (unpaired) electrons. The average molecular weight is 245 g/mol. The first kappa shape index (κ1) is 13.7. The van der Waals surface area contributed by atoms with E-state index in [0.717, 1.165) is 11.3 Å². The summed E-state index contributed by atoms with van der Waals surface area (Å²) in [6.07, 6.45) is 1.35. The normalized spacial score (nSPS) is 33.9. The van der Waals surface area contributed by atoms with Crippen LogP contribution in [0.15, 0.2) is 0 Å². The van der Waals surface area contributed by atoms with Gasteiger partial charge in [0.05, 0.1) is 6.54 Å². The minimum Gasteiger partial charge on any atom is -0.294 e. The molecule has 1 rings (SSSR count). The molecule has 1 atom stereocenters. The summed E-state index contributed by atoms with van der Waals surface area (Å²) in [5.74, 6) is -8.90. The van der Waals surface area contributed by atoms with Gasteiger partial charge in [-0.3, -0.25) is 4.90 Å². The molecule has 6 heteroatoms. The maximum Gasteiger partial charge on any atom is 0.345 e. The van der Waals surface area contributed by atoms with Crippen molar-refractivity contribution in [1.82, 2.24) is 4.90 Å². The number of alkyl halides is 5. The Morgan fingerprint density at radius 2 is 1.62 bits per heavy atom. The summed E-state index contributed by atoms with van der Waals surface area (Å²) in [6, 6.07) is 0. The number of nitrogens with zero attached hydrogens (tertiary/aromatic N) is 1. The maximum atomic E-state index is 13.6. The predicted octanol–water partition coefficient (Wildman–Crippen LogP) is 3.10. The van der Waals surface area contributed by atoms with Gasteiger partial charge < -0.3 is 0 Å². The Kier molecular flexibility index (Phi) is 3.53. The molecule has 0 N–H and O–H groups in total. The SMILES string of the molecule is CCCCN1CC(C)(F)C(F)(F)C(F)(F)C1. The first-order valence-corrected chi connectivity index (χ1v) is 5.31. The first-order chi connectivity index (χ1) is 7.14. The highest BCUT2D eigenvalue weighted by Gasteiger charge is 2.71. The molecule has 1 fully saturated rings. The van der Waals surface area contributed by atoms with Gasteiger partial charge in [0.1, 0.15) is 0 Å². The van der Waals surface area contributed by atoms with Crippen LogP contribution < -0.4 is 0 Å². The molecule has 0 bridgehead atoms. The van der Waals surface area contributed by atoms with Gasteiger partial charge in [0.2, 0.25) is 0 Å². The summed E-state index contributed by atoms with van der Waals surface area (Å²) in [5.41, 5.74) is -3.18. The van der Waals surface area contributed by atoms with Gasteiger partial charge in [-0.05, 0) is 19.9 Å². The monoisotopic (exact) mass is 245 g/mol. The molecule has 1 saturated heterocycles. The fourth-order valence-corrected chi connectivity index (χ4v) is 1.88. The molecular weight excluding hydrogens is 229 g/mol. The molecule has 1 unspecified atom stereocenters. The van der Waals surface area contributed by atoms with E-state index < -0.39 is 30.6 Å². The molecule has 0 aliphatic carbocycles. The van der Waals surface area contributed by atoms with Crippen LogP contribution in [-0.4, -0.2) is 42.0 Å². The van der Waals surface area contributed by atoms with Gasteiger partial charge in [0.15, 0.2) is 5.67 Å². The Bertz CT molecular complexity index is 232. The lowest BCUT2D eigenvalue weighted by Crippen LogP contribution is -2.67. The highest BCUT2D eigenvalue weighted by molar-refractivity contribution is 5.06. The zero-order valence-corrected chi connectivity index (χ0v) is 9.37. The Hall–Kier alpha value is -0.390. The van der Waals surface area contributed by atoms with Crippen LogP contribution in [0.25, 0.3) is 0 Å². The Labute approximate surface area is 91.6 Å². The van der Waals surface area contributed by atoms with Crippen molar-refractivity contribution in [2.75, 3.05) is 19.6 Å². The third-order valence-corrected chi connectivity index (χ3v) is 2.88. The number of likely N-dealkylation sites (tertiary alicyclic amines) is 1. The van der Waals surface area contributed by atoms with E-state index in [2.05, 4.69) is 0 Å². The van der Waals surface area contributed by atoms with Crippen LogP contribution in [-0.2, 0) is 0 Å². The van der Waals surface area contributed by atoms with Gasteiger partial charge in [0.25, 0.3) is 0 Å². The number of halogens is 5. The second-order valence-corrected chi connectivity index (χ2v) is 4.54. The van der Waals surface area contributed by atoms with Gasteiger partial charge >= 0.3 is 11.8 Å². The van der Waals surface area contributed by atoms with Crippen molar-refractivity contribution < 1.29 is 22.0 Å². The van der Waals surface area contributed by atoms with E-state index in [1.807, 2.05) is 6.92 Å². The number of hydrogen-bond donors (Lipinski definition) is 0. The number of hydrogen-bond acceptors (Lipinski definition) is 1. The summed E-state index contributed by atoms with van der Waals surface area (Å²) in [5, 5.41) is 0. The zero-order chi connectivity index (χ0) is 12.6. The van der Waals surface area contributed by atoms with Crippen molar-refractivity contribution in [1.29, 1.82) is 0 Å². The molecule has 0 spiro atoms. The maximum absolute atomic E-state index is 13.6. The molecule has 1 aliphatic heterocycles. The molecule has 96 valence electrons. The van der Waals surface area contributed by atoms with E-state index >= 15 is 0 Å². The number of piperidine rings is 1. The summed E-state index contributed by atoms with van der Waals surface area (Å²) < 4.78 is 66.0. The van der Waals surface area contributed by atoms with Crippen LogP contribution in [0, 0.1) is 0 Å². The van der Waals surface area contributed by atoms with E-state index in [-0.39, 0.29) is 6.54 Å². The third kappa shape index (κ3) is 2.17. The second kappa shape index (κ2) is 4.13. The van der Waals surface area contributed by atoms with Crippen molar-refractivity contribution in [3.05, 3.63) is 0 Å². The van der Waals surface area contributed by atoms with Crippen LogP contribution in [0.5, 0.6) is 0 Å². The van der Waals surface area contributed by atoms with Crippen molar-refractivity contribution >= 4 is 0 Å². The summed E-state index contributed by atoms with van der Waals surface area (Å²) in [6.45, 7) is 0.904. The fraction of sp³-hybridized carbons (Fsp3) is 1.00. The van der Waals surface area contributed by atoms with E-state index in [4.69, 9.17) is 0 Å². The molecule has 0 aromatic carbocycles. The molecule has 1 heterocycles. The minimum absolute atomic E-state index is 0.224. The van der Waals surface area contributed by atoms with E-state index in [9.17, 15) is 22.0 Å². The molecule has 0 amide bonds. The number of rotatable bonds is 3. The Balaban J connectivity index is 2.82. The molecule has 1 aliphatic rings. The molecule has 16 heavy (non-hydrogen) atoms. The highest BCUT2D eigenvalue weighted by atomic mass is 19.3. The lowest BCUT2D eigenvalue weighted by atomic mass is 9.89. The zero-order valence-electron chi connectivity index (χ0n) is 9.37. The standard InChI is InChI=1S/C10H16F5N/c1-3-4-5-16-6-8(2,11)10(14,15)9(12,13)7-16/h3-7H2,1-2H3. The van der Waals surface area contributed by atoms with Crippen LogP contribution in [0.4, 0.5) is 22.0 Å². The predicted molar refractivity (Wildman–Crippen MR) is 50.8 cm³/mol. The lowest BCUT2D eigenvalue weighted by molar-refractivity contribution is -0.298. The molecule has 0 aromatic rings. The van der Waals surface area contributed by atoms with Crippen molar-refractivity contribution in [2.24, 2.45) is 0 Å². The van der Waals surface area contributed by atoms with E-state index in [1.54, 1.807) is 0 Å². The van der Waals surface area contributed by atoms with Gasteiger partial charge in [-0.15, -0.1) is 0 Å². The Morgan fingerprint density at radius 1 is 1.06 bits per heavy atom. The highest BCUT2D eigenvalue weighted by Crippen LogP contribution is 2.48. The summed E-state index contributed by atoms with van der Waals surface area (Å²) in [7, 11) is 0. The van der Waals surface area contributed by atoms with Gasteiger partial charge in [-0.1, -0.05) is 13.3 Å². The average Bonchev–Trinajstić information content (AvgIpc) is 2.10. The van der Waals surface area contributed by atoms with Crippen LogP contribution in [0.1, 0.15) is 26.7 Å². The Morgan fingerprint density at radius 3 is 2.06 bits per heavy atom. The summed E-state index contributed by atoms with van der Waals surface area (Å²) >= 11 is 0. The molecular formula is C10H16F5N. The topological polar surface area (TPSA) is 3.24 Å². The van der Waals surface area contributed by atoms with E-state index in [0.29, 0.717) is 13.3 Å². The fourth-order valence-electron chi connectivity index (χ4n) is 1.88. The smallest absolute Gasteiger partial charge is 0.294 e. The first-order valence-electron chi connectivity index (χ1n) is 5.31.